The Labute approximate surface area is 168 Å². The first-order chi connectivity index (χ1) is 13.4. The van der Waals surface area contributed by atoms with Crippen molar-refractivity contribution in [2.75, 3.05) is 12.3 Å². The number of rotatable bonds is 8. The molecule has 28 heavy (non-hydrogen) atoms. The summed E-state index contributed by atoms with van der Waals surface area (Å²) in [5.74, 6) is 0.0672. The van der Waals surface area contributed by atoms with Gasteiger partial charge in [0, 0.05) is 18.2 Å². The number of aromatic nitrogens is 3. The molecular formula is C19H22N4O3S2. The average Bonchev–Trinajstić information content (AvgIpc) is 3.05. The number of aryl methyl sites for hydroxylation is 1. The fraction of sp³-hybridized carbons (Fsp3) is 0.316. The lowest BCUT2D eigenvalue weighted by atomic mass is 10.2. The number of thiazole rings is 1. The lowest BCUT2D eigenvalue weighted by molar-refractivity contribution is 0.548. The molecule has 0 aliphatic rings. The molecule has 0 bridgehead atoms. The van der Waals surface area contributed by atoms with E-state index in [1.54, 1.807) is 13.0 Å². The van der Waals surface area contributed by atoms with E-state index in [0.717, 1.165) is 21.1 Å². The van der Waals surface area contributed by atoms with Crippen LogP contribution in [-0.4, -0.2) is 35.5 Å². The Morgan fingerprint density at radius 3 is 2.61 bits per heavy atom. The number of hydrogen-bond donors (Lipinski definition) is 1. The second-order valence-electron chi connectivity index (χ2n) is 6.29. The van der Waals surface area contributed by atoms with Gasteiger partial charge in [-0.1, -0.05) is 37.3 Å². The van der Waals surface area contributed by atoms with Crippen molar-refractivity contribution in [2.24, 2.45) is 0 Å². The van der Waals surface area contributed by atoms with E-state index in [4.69, 9.17) is 0 Å². The van der Waals surface area contributed by atoms with Gasteiger partial charge in [0.2, 0.25) is 10.0 Å². The molecule has 3 rings (SSSR count). The third-order valence-electron chi connectivity index (χ3n) is 4.04. The highest BCUT2D eigenvalue weighted by atomic mass is 32.2. The van der Waals surface area contributed by atoms with E-state index < -0.39 is 10.0 Å². The summed E-state index contributed by atoms with van der Waals surface area (Å²) in [6, 6.07) is 13.0. The molecule has 0 saturated carbocycles. The van der Waals surface area contributed by atoms with Crippen molar-refractivity contribution < 1.29 is 8.42 Å². The van der Waals surface area contributed by atoms with E-state index in [1.165, 1.54) is 22.1 Å². The largest absolute Gasteiger partial charge is 0.268 e. The Kier molecular flexibility index (Phi) is 6.38. The SMILES string of the molecule is CCCS(=O)(=O)NCCn1nc(-c2sc(-c3ccccc3)nc2C)ccc1=O. The minimum Gasteiger partial charge on any atom is -0.268 e. The molecule has 3 aromatic rings. The van der Waals surface area contributed by atoms with Gasteiger partial charge in [-0.15, -0.1) is 11.3 Å². The van der Waals surface area contributed by atoms with Crippen LogP contribution >= 0.6 is 11.3 Å². The second-order valence-corrected chi connectivity index (χ2v) is 9.22. The Balaban J connectivity index is 1.82. The average molecular weight is 419 g/mol. The molecule has 9 heteroatoms. The summed E-state index contributed by atoms with van der Waals surface area (Å²) in [5, 5.41) is 5.30. The summed E-state index contributed by atoms with van der Waals surface area (Å²) < 4.78 is 27.3. The summed E-state index contributed by atoms with van der Waals surface area (Å²) in [5.41, 5.74) is 2.24. The van der Waals surface area contributed by atoms with Crippen LogP contribution in [0.3, 0.4) is 0 Å². The minimum absolute atomic E-state index is 0.0672. The van der Waals surface area contributed by atoms with Crippen LogP contribution in [0.2, 0.25) is 0 Å². The molecule has 1 aromatic carbocycles. The van der Waals surface area contributed by atoms with Crippen LogP contribution in [0.5, 0.6) is 0 Å². The number of benzene rings is 1. The Bertz CT molecular complexity index is 1110. The van der Waals surface area contributed by atoms with Crippen LogP contribution in [0, 0.1) is 6.92 Å². The van der Waals surface area contributed by atoms with E-state index >= 15 is 0 Å². The molecule has 2 aromatic heterocycles. The van der Waals surface area contributed by atoms with Crippen LogP contribution in [0.25, 0.3) is 21.1 Å². The number of nitrogens with zero attached hydrogens (tertiary/aromatic N) is 3. The van der Waals surface area contributed by atoms with Crippen LogP contribution in [0.15, 0.2) is 47.3 Å². The molecule has 0 spiro atoms. The lowest BCUT2D eigenvalue weighted by Crippen LogP contribution is -2.33. The third-order valence-corrected chi connectivity index (χ3v) is 6.85. The standard InChI is InChI=1S/C19H22N4O3S2/c1-3-13-28(25,26)20-11-12-23-17(24)10-9-16(22-23)18-14(2)21-19(27-18)15-7-5-4-6-8-15/h4-10,20H,3,11-13H2,1-2H3. The van der Waals surface area contributed by atoms with Gasteiger partial charge in [-0.05, 0) is 19.4 Å². The monoisotopic (exact) mass is 418 g/mol. The van der Waals surface area contributed by atoms with Crippen molar-refractivity contribution in [3.05, 3.63) is 58.5 Å². The maximum absolute atomic E-state index is 12.1. The zero-order valence-electron chi connectivity index (χ0n) is 15.8. The smallest absolute Gasteiger partial charge is 0.266 e. The highest BCUT2D eigenvalue weighted by Crippen LogP contribution is 2.33. The first-order valence-corrected chi connectivity index (χ1v) is 11.4. The molecule has 0 aliphatic carbocycles. The van der Waals surface area contributed by atoms with Gasteiger partial charge in [-0.3, -0.25) is 4.79 Å². The fourth-order valence-electron chi connectivity index (χ4n) is 2.72. The van der Waals surface area contributed by atoms with Gasteiger partial charge < -0.3 is 0 Å². The van der Waals surface area contributed by atoms with Crippen molar-refractivity contribution in [1.29, 1.82) is 0 Å². The summed E-state index contributed by atoms with van der Waals surface area (Å²) in [6.45, 7) is 4.00. The van der Waals surface area contributed by atoms with Gasteiger partial charge >= 0.3 is 0 Å². The summed E-state index contributed by atoms with van der Waals surface area (Å²) >= 11 is 1.51. The number of sulfonamides is 1. The Morgan fingerprint density at radius 2 is 1.89 bits per heavy atom. The number of hydrogen-bond acceptors (Lipinski definition) is 6. The molecule has 1 N–H and O–H groups in total. The molecule has 0 aliphatic heterocycles. The van der Waals surface area contributed by atoms with Gasteiger partial charge in [0.05, 0.1) is 22.9 Å². The molecule has 148 valence electrons. The zero-order valence-corrected chi connectivity index (χ0v) is 17.4. The first kappa shape index (κ1) is 20.4. The molecule has 0 saturated heterocycles. The van der Waals surface area contributed by atoms with Crippen molar-refractivity contribution in [3.8, 4) is 21.1 Å². The molecule has 2 heterocycles. The molecule has 7 nitrogen and oxygen atoms in total. The summed E-state index contributed by atoms with van der Waals surface area (Å²) in [4.78, 5) is 17.6. The Morgan fingerprint density at radius 1 is 1.14 bits per heavy atom. The van der Waals surface area contributed by atoms with Crippen molar-refractivity contribution in [1.82, 2.24) is 19.5 Å². The van der Waals surface area contributed by atoms with Crippen molar-refractivity contribution >= 4 is 21.4 Å². The maximum Gasteiger partial charge on any atom is 0.266 e. The zero-order chi connectivity index (χ0) is 20.1. The first-order valence-electron chi connectivity index (χ1n) is 8.98. The van der Waals surface area contributed by atoms with Crippen LogP contribution in [-0.2, 0) is 16.6 Å². The van der Waals surface area contributed by atoms with E-state index in [0.29, 0.717) is 12.1 Å². The van der Waals surface area contributed by atoms with Gasteiger partial charge in [0.1, 0.15) is 10.7 Å². The molecule has 0 unspecified atom stereocenters. The van der Waals surface area contributed by atoms with Gasteiger partial charge in [0.25, 0.3) is 5.56 Å². The molecule has 0 radical (unpaired) electrons. The van der Waals surface area contributed by atoms with Gasteiger partial charge in [-0.25, -0.2) is 22.8 Å². The maximum atomic E-state index is 12.1. The van der Waals surface area contributed by atoms with Gasteiger partial charge in [0.15, 0.2) is 0 Å². The number of nitrogens with one attached hydrogen (secondary N) is 1. The van der Waals surface area contributed by atoms with E-state index in [2.05, 4.69) is 14.8 Å². The highest BCUT2D eigenvalue weighted by molar-refractivity contribution is 7.89. The van der Waals surface area contributed by atoms with Crippen molar-refractivity contribution in [2.45, 2.75) is 26.8 Å². The van der Waals surface area contributed by atoms with Crippen LogP contribution in [0.4, 0.5) is 0 Å². The van der Waals surface area contributed by atoms with Crippen LogP contribution < -0.4 is 10.3 Å². The normalized spacial score (nSPS) is 11.6. The van der Waals surface area contributed by atoms with E-state index in [-0.39, 0.29) is 24.4 Å². The third kappa shape index (κ3) is 4.92. The van der Waals surface area contributed by atoms with E-state index in [9.17, 15) is 13.2 Å². The molecule has 0 atom stereocenters. The van der Waals surface area contributed by atoms with Crippen LogP contribution in [0.1, 0.15) is 19.0 Å². The lowest BCUT2D eigenvalue weighted by Gasteiger charge is -2.08. The predicted molar refractivity (Wildman–Crippen MR) is 112 cm³/mol. The fourth-order valence-corrected chi connectivity index (χ4v) is 4.84. The second kappa shape index (κ2) is 8.76. The predicted octanol–water partition coefficient (Wildman–Crippen LogP) is 2.67. The highest BCUT2D eigenvalue weighted by Gasteiger charge is 2.14. The van der Waals surface area contributed by atoms with Gasteiger partial charge in [-0.2, -0.15) is 5.10 Å². The van der Waals surface area contributed by atoms with Crippen molar-refractivity contribution in [3.63, 3.8) is 0 Å². The quantitative estimate of drug-likeness (QED) is 0.607. The topological polar surface area (TPSA) is 93.9 Å². The summed E-state index contributed by atoms with van der Waals surface area (Å²) in [6.07, 6.45) is 0.539. The Hall–Kier alpha value is -2.36. The van der Waals surface area contributed by atoms with E-state index in [1.807, 2.05) is 37.3 Å². The molecule has 0 fully saturated rings. The molecule has 0 amide bonds. The minimum atomic E-state index is -3.31. The molecular weight excluding hydrogens is 396 g/mol. The summed E-state index contributed by atoms with van der Waals surface area (Å²) in [7, 11) is -3.31.